The zero-order valence-corrected chi connectivity index (χ0v) is 25.3. The Labute approximate surface area is 246 Å². The van der Waals surface area contributed by atoms with Crippen molar-refractivity contribution in [3.8, 4) is 5.75 Å². The molecule has 3 saturated heterocycles. The summed E-state index contributed by atoms with van der Waals surface area (Å²) < 4.78 is 19.7. The van der Waals surface area contributed by atoms with Gasteiger partial charge in [0.05, 0.1) is 11.5 Å². The van der Waals surface area contributed by atoms with Crippen LogP contribution in [0.5, 0.6) is 5.75 Å². The number of fused-ring (bicyclic) bond motifs is 7. The van der Waals surface area contributed by atoms with E-state index in [4.69, 9.17) is 24.0 Å². The Balaban J connectivity index is 1.40. The van der Waals surface area contributed by atoms with Crippen molar-refractivity contribution < 1.29 is 38.7 Å². The molecule has 5 heterocycles. The maximum Gasteiger partial charge on any atom is 0.236 e. The number of aliphatic hydroxyl groups is 1. The number of amides is 1. The molecule has 9 nitrogen and oxygen atoms in total. The second-order valence-electron chi connectivity index (χ2n) is 15.5. The van der Waals surface area contributed by atoms with Crippen LogP contribution in [-0.4, -0.2) is 59.3 Å². The first-order valence-corrected chi connectivity index (χ1v) is 15.7. The van der Waals surface area contributed by atoms with Crippen LogP contribution in [0.4, 0.5) is 0 Å². The van der Waals surface area contributed by atoms with E-state index < -0.39 is 46.6 Å². The summed E-state index contributed by atoms with van der Waals surface area (Å²) in [4.78, 5) is 41.4. The Hall–Kier alpha value is -2.04. The summed E-state index contributed by atoms with van der Waals surface area (Å²) in [6, 6.07) is 8.03. The summed E-state index contributed by atoms with van der Waals surface area (Å²) >= 11 is 0. The number of rotatable bonds is 1. The molecule has 3 saturated carbocycles. The van der Waals surface area contributed by atoms with Crippen molar-refractivity contribution in [1.82, 2.24) is 5.32 Å². The van der Waals surface area contributed by atoms with Crippen LogP contribution in [0, 0.1) is 46.3 Å². The second-order valence-corrected chi connectivity index (χ2v) is 15.5. The standard InChI is InChI=1S/C33H43NO8/c1-16-11-17(2)22-24-21-23-26(36)32(15-33(38-6,34-28(32)37)13-18-7-9-19(39-24)10-8-18)14-20(35)41-42-30(23,4)27-31(5,40-27)25(21)29(22,3)12-16/h7-10,16-17,20-25,27,35H,11-15H2,1-6H3,(H,34,37)/t16-,17+,20-,21+,22+,23+,24+,25-,27-,29-,30-,31+,32+,33+/m1/s1. The second kappa shape index (κ2) is 8.36. The lowest BCUT2D eigenvalue weighted by Crippen LogP contribution is -2.65. The number of ether oxygens (including phenoxy) is 3. The molecule has 5 bridgehead atoms. The van der Waals surface area contributed by atoms with Crippen molar-refractivity contribution >= 4 is 11.7 Å². The first-order valence-electron chi connectivity index (χ1n) is 15.7. The molecular weight excluding hydrogens is 538 g/mol. The highest BCUT2D eigenvalue weighted by molar-refractivity contribution is 6.09. The molecule has 3 aliphatic carbocycles. The summed E-state index contributed by atoms with van der Waals surface area (Å²) in [5.74, 6) is 0.118. The van der Waals surface area contributed by atoms with Crippen LogP contribution in [0.3, 0.4) is 0 Å². The van der Waals surface area contributed by atoms with E-state index in [0.29, 0.717) is 18.3 Å². The van der Waals surface area contributed by atoms with Gasteiger partial charge in [-0.05, 0) is 61.6 Å². The largest absolute Gasteiger partial charge is 0.490 e. The highest BCUT2D eigenvalue weighted by Crippen LogP contribution is 2.75. The number of carbonyl (C=O) groups is 2. The fourth-order valence-electron chi connectivity index (χ4n) is 11.8. The lowest BCUT2D eigenvalue weighted by molar-refractivity contribution is -0.435. The number of ketones is 1. The van der Waals surface area contributed by atoms with Crippen molar-refractivity contribution in [2.24, 2.45) is 46.3 Å². The van der Waals surface area contributed by atoms with Crippen molar-refractivity contribution in [2.75, 3.05) is 7.11 Å². The van der Waals surface area contributed by atoms with Crippen molar-refractivity contribution in [1.29, 1.82) is 0 Å². The van der Waals surface area contributed by atoms with Gasteiger partial charge in [-0.15, -0.1) is 0 Å². The van der Waals surface area contributed by atoms with Crippen LogP contribution in [0.2, 0.25) is 0 Å². The van der Waals surface area contributed by atoms with Crippen LogP contribution in [0.15, 0.2) is 24.3 Å². The van der Waals surface area contributed by atoms with Gasteiger partial charge in [0, 0.05) is 44.1 Å². The molecular formula is C33H43NO8. The fourth-order valence-corrected chi connectivity index (χ4v) is 11.8. The highest BCUT2D eigenvalue weighted by atomic mass is 17.2. The first-order chi connectivity index (χ1) is 19.8. The summed E-state index contributed by atoms with van der Waals surface area (Å²) in [6.45, 7) is 11.0. The molecule has 1 aromatic carbocycles. The third-order valence-electron chi connectivity index (χ3n) is 12.8. The molecule has 42 heavy (non-hydrogen) atoms. The third kappa shape index (κ3) is 3.27. The molecule has 1 amide bonds. The van der Waals surface area contributed by atoms with E-state index in [1.165, 1.54) is 0 Å². The van der Waals surface area contributed by atoms with Crippen molar-refractivity contribution in [2.45, 2.75) is 102 Å². The van der Waals surface area contributed by atoms with E-state index in [0.717, 1.165) is 24.2 Å². The molecule has 9 rings (SSSR count). The van der Waals surface area contributed by atoms with Gasteiger partial charge in [0.15, 0.2) is 12.1 Å². The topological polar surface area (TPSA) is 116 Å². The summed E-state index contributed by atoms with van der Waals surface area (Å²) in [7, 11) is 1.56. The number of nitrogens with one attached hydrogen (secondary N) is 1. The van der Waals surface area contributed by atoms with Crippen molar-refractivity contribution in [3.05, 3.63) is 29.8 Å². The fraction of sp³-hybridized carbons (Fsp3) is 0.758. The molecule has 5 aliphatic heterocycles. The van der Waals surface area contributed by atoms with Crippen LogP contribution >= 0.6 is 0 Å². The number of epoxide rings is 1. The number of benzene rings is 1. The highest BCUT2D eigenvalue weighted by Gasteiger charge is 2.84. The molecule has 2 N–H and O–H groups in total. The normalized spacial score (nSPS) is 55.5. The first kappa shape index (κ1) is 27.5. The minimum Gasteiger partial charge on any atom is -0.490 e. The Kier molecular flexibility index (Phi) is 5.47. The molecule has 0 aromatic heterocycles. The van der Waals surface area contributed by atoms with Gasteiger partial charge in [0.25, 0.3) is 0 Å². The van der Waals surface area contributed by atoms with E-state index in [9.17, 15) is 9.90 Å². The van der Waals surface area contributed by atoms with E-state index in [2.05, 4.69) is 33.0 Å². The average Bonchev–Trinajstić information content (AvgIpc) is 3.45. The number of Topliss-reactive ketones (excluding diaryl/α,β-unsaturated/α-hetero) is 1. The predicted molar refractivity (Wildman–Crippen MR) is 149 cm³/mol. The minimum atomic E-state index is -1.57. The van der Waals surface area contributed by atoms with Gasteiger partial charge in [-0.25, -0.2) is 9.78 Å². The van der Waals surface area contributed by atoms with Gasteiger partial charge >= 0.3 is 0 Å². The maximum absolute atomic E-state index is 15.4. The molecule has 9 heteroatoms. The van der Waals surface area contributed by atoms with Gasteiger partial charge in [-0.1, -0.05) is 32.9 Å². The monoisotopic (exact) mass is 581 g/mol. The van der Waals surface area contributed by atoms with E-state index in [1.54, 1.807) is 7.11 Å². The number of aliphatic hydroxyl groups excluding tert-OH is 1. The van der Waals surface area contributed by atoms with Crippen LogP contribution in [0.25, 0.3) is 0 Å². The summed E-state index contributed by atoms with van der Waals surface area (Å²) in [5, 5.41) is 14.1. The molecule has 1 spiro atoms. The number of hydrogen-bond acceptors (Lipinski definition) is 8. The smallest absolute Gasteiger partial charge is 0.236 e. The Morgan fingerprint density at radius 1 is 1.05 bits per heavy atom. The van der Waals surface area contributed by atoms with E-state index in [-0.39, 0.29) is 47.9 Å². The maximum atomic E-state index is 15.4. The van der Waals surface area contributed by atoms with Crippen LogP contribution in [-0.2, 0) is 35.3 Å². The quantitative estimate of drug-likeness (QED) is 0.294. The zero-order chi connectivity index (χ0) is 29.6. The summed E-state index contributed by atoms with van der Waals surface area (Å²) in [5.41, 5.74) is -3.67. The number of carbonyl (C=O) groups excluding carboxylic acids is 2. The van der Waals surface area contributed by atoms with Crippen LogP contribution < -0.4 is 10.1 Å². The van der Waals surface area contributed by atoms with E-state index in [1.807, 2.05) is 31.2 Å². The average molecular weight is 582 g/mol. The number of methoxy groups -OCH3 is 1. The van der Waals surface area contributed by atoms with Crippen molar-refractivity contribution in [3.63, 3.8) is 0 Å². The molecule has 8 aliphatic rings. The molecule has 14 atom stereocenters. The zero-order valence-electron chi connectivity index (χ0n) is 25.3. The van der Waals surface area contributed by atoms with Gasteiger partial charge < -0.3 is 24.6 Å². The van der Waals surface area contributed by atoms with Gasteiger partial charge in [0.2, 0.25) is 5.91 Å². The Morgan fingerprint density at radius 3 is 2.50 bits per heavy atom. The van der Waals surface area contributed by atoms with Gasteiger partial charge in [-0.3, -0.25) is 9.59 Å². The summed E-state index contributed by atoms with van der Waals surface area (Å²) in [6.07, 6.45) is 0.136. The Bertz CT molecular complexity index is 1350. The molecule has 6 fully saturated rings. The third-order valence-corrected chi connectivity index (χ3v) is 12.8. The van der Waals surface area contributed by atoms with Gasteiger partial charge in [0.1, 0.15) is 34.7 Å². The molecule has 1 aromatic rings. The Morgan fingerprint density at radius 2 is 1.79 bits per heavy atom. The van der Waals surface area contributed by atoms with Crippen LogP contribution in [0.1, 0.15) is 65.9 Å². The molecule has 0 unspecified atom stereocenters. The minimum absolute atomic E-state index is 0.00303. The molecule has 0 radical (unpaired) electrons. The molecule has 228 valence electrons. The van der Waals surface area contributed by atoms with E-state index >= 15 is 4.79 Å². The lowest BCUT2D eigenvalue weighted by Gasteiger charge is -2.52. The SMILES string of the molecule is CO[C@@]12Cc3ccc(cc3)O[C@H]3[C@@H]4[C@H]5C(=O)[C@](C[C@H](O)OO[C@@]5(C)[C@H]5O[C@@]5(C)[C@H]4[C@]4(C)C[C@H](C)C[C@H](C)[C@@H]34)(C1)C(=O)N2. The lowest BCUT2D eigenvalue weighted by atomic mass is 9.51. The van der Waals surface area contributed by atoms with Gasteiger partial charge in [-0.2, -0.15) is 0 Å². The predicted octanol–water partition coefficient (Wildman–Crippen LogP) is 3.56. The number of hydrogen-bond donors (Lipinski definition) is 2.